The fourth-order valence-electron chi connectivity index (χ4n) is 5.99. The van der Waals surface area contributed by atoms with Gasteiger partial charge in [-0.3, -0.25) is 0 Å². The van der Waals surface area contributed by atoms with Crippen LogP contribution in [0.1, 0.15) is 44.0 Å². The van der Waals surface area contributed by atoms with Crippen LogP contribution in [0.4, 0.5) is 4.79 Å². The highest BCUT2D eigenvalue weighted by atomic mass is 16.5. The molecule has 2 amide bonds. The lowest BCUT2D eigenvalue weighted by Gasteiger charge is -2.43. The van der Waals surface area contributed by atoms with E-state index in [1.54, 1.807) is 0 Å². The lowest BCUT2D eigenvalue weighted by molar-refractivity contribution is -0.0290. The lowest BCUT2D eigenvalue weighted by atomic mass is 9.88. The van der Waals surface area contributed by atoms with Crippen LogP contribution in [-0.4, -0.2) is 61.7 Å². The molecule has 2 atom stereocenters. The third-order valence-corrected chi connectivity index (χ3v) is 7.44. The smallest absolute Gasteiger partial charge is 0.320 e. The maximum absolute atomic E-state index is 13.6. The van der Waals surface area contributed by atoms with E-state index in [2.05, 4.69) is 34.2 Å². The maximum Gasteiger partial charge on any atom is 0.320 e. The Morgan fingerprint density at radius 2 is 1.88 bits per heavy atom. The van der Waals surface area contributed by atoms with Gasteiger partial charge in [0, 0.05) is 17.6 Å². The van der Waals surface area contributed by atoms with Gasteiger partial charge >= 0.3 is 6.03 Å². The Morgan fingerprint density at radius 1 is 1.15 bits per heavy atom. The molecule has 2 unspecified atom stereocenters. The van der Waals surface area contributed by atoms with E-state index >= 15 is 0 Å². The van der Waals surface area contributed by atoms with Gasteiger partial charge in [-0.2, -0.15) is 0 Å². The van der Waals surface area contributed by atoms with E-state index in [0.717, 1.165) is 52.1 Å². The molecule has 6 rings (SSSR count). The standard InChI is InChI=1S/C26H30N4O3/c1-16-27-22-7-3-18(12-23(22)28-16)17-4-8-24-19(11-17)15-29(9-10-33-24)25(31)30-20-5-6-21(30)14-26(2,32)13-20/h3-4,7-8,11-12,20-21,32H,5-6,9-10,13-15H2,1-2H3,(H,27,28). The van der Waals surface area contributed by atoms with Crippen LogP contribution in [-0.2, 0) is 6.54 Å². The van der Waals surface area contributed by atoms with Crippen molar-refractivity contribution >= 4 is 17.1 Å². The summed E-state index contributed by atoms with van der Waals surface area (Å²) >= 11 is 0. The molecule has 7 nitrogen and oxygen atoms in total. The minimum absolute atomic E-state index is 0.0780. The third kappa shape index (κ3) is 3.64. The van der Waals surface area contributed by atoms with Crippen molar-refractivity contribution in [2.45, 2.75) is 63.8 Å². The zero-order chi connectivity index (χ0) is 22.7. The van der Waals surface area contributed by atoms with Crippen molar-refractivity contribution in [2.75, 3.05) is 13.2 Å². The maximum atomic E-state index is 13.6. The minimum atomic E-state index is -0.666. The number of ether oxygens (including phenoxy) is 1. The fourth-order valence-corrected chi connectivity index (χ4v) is 5.99. The predicted octanol–water partition coefficient (Wildman–Crippen LogP) is 4.23. The number of piperidine rings is 1. The first-order valence-corrected chi connectivity index (χ1v) is 11.9. The SMILES string of the molecule is Cc1nc2ccc(-c3ccc4c(c3)CN(C(=O)N3C5CCC3CC(C)(O)C5)CCO4)cc2[nH]1. The average molecular weight is 447 g/mol. The average Bonchev–Trinajstić information content (AvgIpc) is 3.19. The molecule has 33 heavy (non-hydrogen) atoms. The number of benzene rings is 2. The zero-order valence-electron chi connectivity index (χ0n) is 19.2. The number of nitrogens with one attached hydrogen (secondary N) is 1. The molecule has 2 aromatic carbocycles. The molecule has 0 radical (unpaired) electrons. The molecule has 3 aliphatic rings. The fraction of sp³-hybridized carbons (Fsp3) is 0.462. The van der Waals surface area contributed by atoms with E-state index in [9.17, 15) is 9.90 Å². The molecule has 3 aromatic rings. The van der Waals surface area contributed by atoms with Gasteiger partial charge in [-0.1, -0.05) is 12.1 Å². The van der Waals surface area contributed by atoms with E-state index in [4.69, 9.17) is 4.74 Å². The molecule has 1 aromatic heterocycles. The first-order chi connectivity index (χ1) is 15.9. The summed E-state index contributed by atoms with van der Waals surface area (Å²) in [4.78, 5) is 25.4. The molecule has 7 heteroatoms. The number of nitrogens with zero attached hydrogens (tertiary/aromatic N) is 3. The molecule has 2 fully saturated rings. The van der Waals surface area contributed by atoms with Crippen molar-refractivity contribution in [1.29, 1.82) is 0 Å². The van der Waals surface area contributed by atoms with E-state index in [0.29, 0.717) is 32.5 Å². The van der Waals surface area contributed by atoms with Crippen LogP contribution in [0.3, 0.4) is 0 Å². The van der Waals surface area contributed by atoms with Crippen LogP contribution >= 0.6 is 0 Å². The predicted molar refractivity (Wildman–Crippen MR) is 126 cm³/mol. The van der Waals surface area contributed by atoms with Crippen molar-refractivity contribution in [3.8, 4) is 16.9 Å². The number of aromatic nitrogens is 2. The number of aryl methyl sites for hydroxylation is 1. The number of amides is 2. The lowest BCUT2D eigenvalue weighted by Crippen LogP contribution is -2.56. The summed E-state index contributed by atoms with van der Waals surface area (Å²) in [6, 6.07) is 12.8. The Labute approximate surface area is 193 Å². The van der Waals surface area contributed by atoms with Gasteiger partial charge in [-0.25, -0.2) is 9.78 Å². The molecule has 2 N–H and O–H groups in total. The van der Waals surface area contributed by atoms with Crippen molar-refractivity contribution in [3.05, 3.63) is 47.8 Å². The topological polar surface area (TPSA) is 81.7 Å². The van der Waals surface area contributed by atoms with Gasteiger partial charge in [0.05, 0.1) is 29.7 Å². The second kappa shape index (κ2) is 7.48. The van der Waals surface area contributed by atoms with Gasteiger partial charge in [-0.05, 0) is 74.9 Å². The number of rotatable bonds is 1. The van der Waals surface area contributed by atoms with Crippen LogP contribution in [0.25, 0.3) is 22.2 Å². The Hall–Kier alpha value is -3.06. The van der Waals surface area contributed by atoms with Gasteiger partial charge in [-0.15, -0.1) is 0 Å². The quantitative estimate of drug-likeness (QED) is 0.586. The Morgan fingerprint density at radius 3 is 2.67 bits per heavy atom. The van der Waals surface area contributed by atoms with E-state index in [1.165, 1.54) is 0 Å². The van der Waals surface area contributed by atoms with Crippen LogP contribution < -0.4 is 4.74 Å². The molecule has 2 saturated heterocycles. The Kier molecular flexibility index (Phi) is 4.66. The number of hydrogen-bond donors (Lipinski definition) is 2. The van der Waals surface area contributed by atoms with Gasteiger partial charge < -0.3 is 24.6 Å². The summed E-state index contributed by atoms with van der Waals surface area (Å²) in [7, 11) is 0. The van der Waals surface area contributed by atoms with Gasteiger partial charge in [0.15, 0.2) is 0 Å². The van der Waals surface area contributed by atoms with Gasteiger partial charge in [0.25, 0.3) is 0 Å². The molecule has 0 spiro atoms. The van der Waals surface area contributed by atoms with E-state index < -0.39 is 5.60 Å². The summed E-state index contributed by atoms with van der Waals surface area (Å²) < 4.78 is 6.01. The van der Waals surface area contributed by atoms with Crippen molar-refractivity contribution in [2.24, 2.45) is 0 Å². The third-order valence-electron chi connectivity index (χ3n) is 7.44. The van der Waals surface area contributed by atoms with Crippen molar-refractivity contribution < 1.29 is 14.6 Å². The summed E-state index contributed by atoms with van der Waals surface area (Å²) in [5.41, 5.74) is 4.53. The normalized spacial score (nSPS) is 26.8. The second-order valence-electron chi connectivity index (χ2n) is 10.1. The molecule has 3 aliphatic heterocycles. The highest BCUT2D eigenvalue weighted by molar-refractivity contribution is 5.82. The number of imidazole rings is 1. The number of fused-ring (bicyclic) bond motifs is 4. The van der Waals surface area contributed by atoms with E-state index in [-0.39, 0.29) is 18.1 Å². The first-order valence-electron chi connectivity index (χ1n) is 11.9. The number of carbonyl (C=O) groups excluding carboxylic acids is 1. The van der Waals surface area contributed by atoms with Crippen LogP contribution in [0.5, 0.6) is 5.75 Å². The second-order valence-corrected chi connectivity index (χ2v) is 10.1. The number of H-pyrrole nitrogens is 1. The highest BCUT2D eigenvalue weighted by Crippen LogP contribution is 2.41. The molecule has 4 heterocycles. The summed E-state index contributed by atoms with van der Waals surface area (Å²) in [5.74, 6) is 1.75. The molecular formula is C26H30N4O3. The molecule has 0 saturated carbocycles. The van der Waals surface area contributed by atoms with Crippen molar-refractivity contribution in [3.63, 3.8) is 0 Å². The zero-order valence-corrected chi connectivity index (χ0v) is 19.2. The van der Waals surface area contributed by atoms with Crippen LogP contribution in [0.2, 0.25) is 0 Å². The molecule has 172 valence electrons. The molecule has 2 bridgehead atoms. The monoisotopic (exact) mass is 446 g/mol. The van der Waals surface area contributed by atoms with Crippen LogP contribution in [0.15, 0.2) is 36.4 Å². The number of hydrogen-bond acceptors (Lipinski definition) is 4. The number of aliphatic hydroxyl groups is 1. The largest absolute Gasteiger partial charge is 0.491 e. The summed E-state index contributed by atoms with van der Waals surface area (Å²) in [5, 5.41) is 10.6. The molecule has 0 aliphatic carbocycles. The van der Waals surface area contributed by atoms with Crippen LogP contribution in [0, 0.1) is 6.92 Å². The minimum Gasteiger partial charge on any atom is -0.491 e. The number of aromatic amines is 1. The van der Waals surface area contributed by atoms with E-state index in [1.807, 2.05) is 35.8 Å². The summed E-state index contributed by atoms with van der Waals surface area (Å²) in [6.07, 6.45) is 3.28. The number of carbonyl (C=O) groups is 1. The molecular weight excluding hydrogens is 416 g/mol. The first kappa shape index (κ1) is 20.5. The van der Waals surface area contributed by atoms with Gasteiger partial charge in [0.1, 0.15) is 18.2 Å². The number of urea groups is 1. The Balaban J connectivity index is 1.27. The van der Waals surface area contributed by atoms with Gasteiger partial charge in [0.2, 0.25) is 0 Å². The summed E-state index contributed by atoms with van der Waals surface area (Å²) in [6.45, 7) is 5.44. The van der Waals surface area contributed by atoms with Crippen molar-refractivity contribution in [1.82, 2.24) is 19.8 Å². The highest BCUT2D eigenvalue weighted by Gasteiger charge is 2.48. The Bertz CT molecular complexity index is 1220.